The lowest BCUT2D eigenvalue weighted by Gasteiger charge is -2.09. The van der Waals surface area contributed by atoms with Crippen molar-refractivity contribution in [1.82, 2.24) is 0 Å². The van der Waals surface area contributed by atoms with E-state index in [4.69, 9.17) is 10.5 Å². The zero-order valence-electron chi connectivity index (χ0n) is 8.73. The first-order valence-electron chi connectivity index (χ1n) is 4.52. The number of anilines is 1. The molecule has 5 nitrogen and oxygen atoms in total. The van der Waals surface area contributed by atoms with Gasteiger partial charge in [0.15, 0.2) is 0 Å². The molecule has 0 fully saturated rings. The third kappa shape index (κ3) is 3.99. The maximum Gasteiger partial charge on any atom is 0.233 e. The molecule has 0 spiro atoms. The van der Waals surface area contributed by atoms with Gasteiger partial charge in [-0.1, -0.05) is 15.9 Å². The molecule has 0 unspecified atom stereocenters. The average Bonchev–Trinajstić information content (AvgIpc) is 2.15. The molecule has 0 aliphatic carbocycles. The number of hydrogen-bond acceptors (Lipinski definition) is 4. The van der Waals surface area contributed by atoms with Crippen molar-refractivity contribution in [2.75, 3.05) is 24.1 Å². The van der Waals surface area contributed by atoms with E-state index in [0.717, 1.165) is 4.47 Å². The minimum atomic E-state index is -3.38. The van der Waals surface area contributed by atoms with Crippen molar-refractivity contribution in [3.63, 3.8) is 0 Å². The van der Waals surface area contributed by atoms with Crippen molar-refractivity contribution >= 4 is 31.6 Å². The van der Waals surface area contributed by atoms with Gasteiger partial charge in [-0.15, -0.1) is 0 Å². The molecule has 0 aromatic heterocycles. The quantitative estimate of drug-likeness (QED) is 0.855. The van der Waals surface area contributed by atoms with E-state index in [1.54, 1.807) is 18.2 Å². The number of hydrogen-bond donors (Lipinski definition) is 2. The molecule has 0 saturated heterocycles. The van der Waals surface area contributed by atoms with Crippen molar-refractivity contribution in [3.8, 4) is 5.75 Å². The average molecular weight is 309 g/mol. The molecule has 90 valence electrons. The summed E-state index contributed by atoms with van der Waals surface area (Å²) >= 11 is 3.26. The predicted octanol–water partition coefficient (Wildman–Crippen LogP) is 1.16. The fourth-order valence-electron chi connectivity index (χ4n) is 1.13. The normalized spacial score (nSPS) is 11.2. The number of sulfonamides is 1. The molecule has 0 saturated carbocycles. The standard InChI is InChI=1S/C9H13BrN2O3S/c1-15-9-5-7(10)4-8(6-9)12-16(13,14)3-2-11/h4-6,12H,2-3,11H2,1H3. The lowest BCUT2D eigenvalue weighted by molar-refractivity contribution is 0.415. The molecule has 0 atom stereocenters. The third-order valence-corrected chi connectivity index (χ3v) is 3.54. The van der Waals surface area contributed by atoms with Gasteiger partial charge < -0.3 is 10.5 Å². The fraction of sp³-hybridized carbons (Fsp3) is 0.333. The first-order chi connectivity index (χ1) is 7.46. The zero-order valence-corrected chi connectivity index (χ0v) is 11.1. The molecule has 0 radical (unpaired) electrons. The summed E-state index contributed by atoms with van der Waals surface area (Å²) in [6.45, 7) is 0.0838. The first kappa shape index (κ1) is 13.3. The van der Waals surface area contributed by atoms with Crippen molar-refractivity contribution in [2.45, 2.75) is 0 Å². The topological polar surface area (TPSA) is 81.4 Å². The summed E-state index contributed by atoms with van der Waals surface area (Å²) in [6, 6.07) is 4.98. The number of benzene rings is 1. The summed E-state index contributed by atoms with van der Waals surface area (Å²) in [5.74, 6) is 0.460. The van der Waals surface area contributed by atoms with Crippen LogP contribution in [-0.2, 0) is 10.0 Å². The maximum atomic E-state index is 11.5. The van der Waals surface area contributed by atoms with Crippen LogP contribution < -0.4 is 15.2 Å². The smallest absolute Gasteiger partial charge is 0.233 e. The van der Waals surface area contributed by atoms with Crippen molar-refractivity contribution in [3.05, 3.63) is 22.7 Å². The summed E-state index contributed by atoms with van der Waals surface area (Å²) in [6.07, 6.45) is 0. The third-order valence-electron chi connectivity index (χ3n) is 1.77. The molecule has 0 aliphatic heterocycles. The van der Waals surface area contributed by atoms with Gasteiger partial charge in [0, 0.05) is 17.1 Å². The Morgan fingerprint density at radius 3 is 2.69 bits per heavy atom. The van der Waals surface area contributed by atoms with Crippen LogP contribution in [0.4, 0.5) is 5.69 Å². The van der Waals surface area contributed by atoms with Gasteiger partial charge in [0.2, 0.25) is 10.0 Å². The van der Waals surface area contributed by atoms with E-state index in [9.17, 15) is 8.42 Å². The van der Waals surface area contributed by atoms with Gasteiger partial charge in [-0.3, -0.25) is 4.72 Å². The molecular weight excluding hydrogens is 296 g/mol. The molecule has 0 heterocycles. The highest BCUT2D eigenvalue weighted by Crippen LogP contribution is 2.25. The second-order valence-corrected chi connectivity index (χ2v) is 5.85. The van der Waals surface area contributed by atoms with Crippen LogP contribution in [0.25, 0.3) is 0 Å². The van der Waals surface area contributed by atoms with Crippen molar-refractivity contribution < 1.29 is 13.2 Å². The first-order valence-corrected chi connectivity index (χ1v) is 6.96. The summed E-state index contributed by atoms with van der Waals surface area (Å²) < 4.78 is 31.1. The van der Waals surface area contributed by atoms with Gasteiger partial charge in [0.1, 0.15) is 5.75 Å². The Hall–Kier alpha value is -0.790. The van der Waals surface area contributed by atoms with Crippen LogP contribution >= 0.6 is 15.9 Å². The van der Waals surface area contributed by atoms with E-state index in [0.29, 0.717) is 11.4 Å². The molecule has 3 N–H and O–H groups in total. The summed E-state index contributed by atoms with van der Waals surface area (Å²) in [5, 5.41) is 0. The molecule has 7 heteroatoms. The van der Waals surface area contributed by atoms with Gasteiger partial charge in [-0.05, 0) is 12.1 Å². The van der Waals surface area contributed by atoms with Gasteiger partial charge in [0.05, 0.1) is 18.6 Å². The van der Waals surface area contributed by atoms with Gasteiger partial charge in [-0.25, -0.2) is 8.42 Å². The maximum absolute atomic E-state index is 11.5. The number of ether oxygens (including phenoxy) is 1. The highest BCUT2D eigenvalue weighted by atomic mass is 79.9. The predicted molar refractivity (Wildman–Crippen MR) is 67.2 cm³/mol. The minimum Gasteiger partial charge on any atom is -0.497 e. The summed E-state index contributed by atoms with van der Waals surface area (Å²) in [5.41, 5.74) is 5.65. The van der Waals surface area contributed by atoms with Crippen molar-refractivity contribution in [2.24, 2.45) is 5.73 Å². The van der Waals surface area contributed by atoms with Crippen LogP contribution in [0.3, 0.4) is 0 Å². The molecule has 1 rings (SSSR count). The fourth-order valence-corrected chi connectivity index (χ4v) is 2.49. The summed E-state index contributed by atoms with van der Waals surface area (Å²) in [7, 11) is -1.86. The van der Waals surface area contributed by atoms with E-state index in [1.165, 1.54) is 7.11 Å². The van der Waals surface area contributed by atoms with E-state index in [1.807, 2.05) is 0 Å². The van der Waals surface area contributed by atoms with E-state index < -0.39 is 10.0 Å². The number of nitrogens with two attached hydrogens (primary N) is 1. The number of methoxy groups -OCH3 is 1. The SMILES string of the molecule is COc1cc(Br)cc(NS(=O)(=O)CCN)c1. The zero-order chi connectivity index (χ0) is 12.2. The van der Waals surface area contributed by atoms with Crippen LogP contribution in [0.1, 0.15) is 0 Å². The van der Waals surface area contributed by atoms with Crippen LogP contribution in [0.15, 0.2) is 22.7 Å². The monoisotopic (exact) mass is 308 g/mol. The van der Waals surface area contributed by atoms with Gasteiger partial charge in [0.25, 0.3) is 0 Å². The molecule has 1 aromatic rings. The molecule has 0 bridgehead atoms. The largest absolute Gasteiger partial charge is 0.497 e. The molecular formula is C9H13BrN2O3S. The Labute approximate surface area is 103 Å². The second-order valence-electron chi connectivity index (χ2n) is 3.09. The van der Waals surface area contributed by atoms with E-state index in [2.05, 4.69) is 20.7 Å². The van der Waals surface area contributed by atoms with Crippen LogP contribution in [0.5, 0.6) is 5.75 Å². The Balaban J connectivity index is 2.93. The van der Waals surface area contributed by atoms with E-state index >= 15 is 0 Å². The van der Waals surface area contributed by atoms with Crippen molar-refractivity contribution in [1.29, 1.82) is 0 Å². The van der Waals surface area contributed by atoms with Crippen LogP contribution in [0, 0.1) is 0 Å². The molecule has 1 aromatic carbocycles. The molecule has 0 amide bonds. The number of halogens is 1. The lowest BCUT2D eigenvalue weighted by atomic mass is 10.3. The van der Waals surface area contributed by atoms with Gasteiger partial charge >= 0.3 is 0 Å². The lowest BCUT2D eigenvalue weighted by Crippen LogP contribution is -2.22. The highest BCUT2D eigenvalue weighted by Gasteiger charge is 2.10. The Bertz CT molecular complexity index is 462. The van der Waals surface area contributed by atoms with Crippen LogP contribution in [0.2, 0.25) is 0 Å². The second kappa shape index (κ2) is 5.51. The number of nitrogens with one attached hydrogen (secondary N) is 1. The van der Waals surface area contributed by atoms with Crippen LogP contribution in [-0.4, -0.2) is 27.8 Å². The Morgan fingerprint density at radius 2 is 2.12 bits per heavy atom. The molecule has 16 heavy (non-hydrogen) atoms. The minimum absolute atomic E-state index is 0.0838. The number of rotatable bonds is 5. The molecule has 0 aliphatic rings. The van der Waals surface area contributed by atoms with E-state index in [-0.39, 0.29) is 12.3 Å². The summed E-state index contributed by atoms with van der Waals surface area (Å²) in [4.78, 5) is 0. The van der Waals surface area contributed by atoms with Gasteiger partial charge in [-0.2, -0.15) is 0 Å². The Morgan fingerprint density at radius 1 is 1.44 bits per heavy atom. The Kier molecular flexibility index (Phi) is 4.57. The highest BCUT2D eigenvalue weighted by molar-refractivity contribution is 9.10.